The summed E-state index contributed by atoms with van der Waals surface area (Å²) in [6.07, 6.45) is 10.2. The first kappa shape index (κ1) is 25.3. The lowest BCUT2D eigenvalue weighted by Crippen LogP contribution is -2.23. The maximum Gasteiger partial charge on any atom is 0.142 e. The quantitative estimate of drug-likeness (QED) is 0.210. The van der Waals surface area contributed by atoms with Gasteiger partial charge in [-0.2, -0.15) is 11.8 Å². The van der Waals surface area contributed by atoms with Crippen LogP contribution in [-0.4, -0.2) is 40.1 Å². The van der Waals surface area contributed by atoms with Crippen LogP contribution in [0.3, 0.4) is 0 Å². The Labute approximate surface area is 225 Å². The molecule has 3 aromatic heterocycles. The van der Waals surface area contributed by atoms with Crippen LogP contribution in [0.1, 0.15) is 29.0 Å². The highest BCUT2D eigenvalue weighted by atomic mass is 35.5. The van der Waals surface area contributed by atoms with E-state index >= 15 is 0 Å². The van der Waals surface area contributed by atoms with E-state index in [1.54, 1.807) is 12.5 Å². The number of thioether (sulfide) groups is 1. The van der Waals surface area contributed by atoms with Crippen molar-refractivity contribution in [1.82, 2.24) is 20.3 Å². The maximum absolute atomic E-state index is 6.54. The molecule has 1 unspecified atom stereocenters. The van der Waals surface area contributed by atoms with Crippen LogP contribution in [0, 0.1) is 5.92 Å². The van der Waals surface area contributed by atoms with Gasteiger partial charge in [0.2, 0.25) is 0 Å². The second-order valence-electron chi connectivity index (χ2n) is 8.93. The largest absolute Gasteiger partial charge is 0.486 e. The predicted molar refractivity (Wildman–Crippen MR) is 152 cm³/mol. The summed E-state index contributed by atoms with van der Waals surface area (Å²) in [6.45, 7) is 2.56. The zero-order valence-corrected chi connectivity index (χ0v) is 22.7. The molecule has 0 spiro atoms. The number of aryl methyl sites for hydroxylation is 1. The van der Waals surface area contributed by atoms with E-state index < -0.39 is 0 Å². The zero-order chi connectivity index (χ0) is 24.7. The van der Waals surface area contributed by atoms with Crippen molar-refractivity contribution in [1.29, 1.82) is 0 Å². The van der Waals surface area contributed by atoms with Crippen molar-refractivity contribution in [2.75, 3.05) is 30.4 Å². The Kier molecular flexibility index (Phi) is 8.59. The number of anilines is 2. The molecule has 3 heterocycles. The molecule has 0 fully saturated rings. The van der Waals surface area contributed by atoms with Crippen molar-refractivity contribution in [3.63, 3.8) is 0 Å². The van der Waals surface area contributed by atoms with Crippen LogP contribution in [0.4, 0.5) is 11.5 Å². The van der Waals surface area contributed by atoms with Gasteiger partial charge < -0.3 is 15.4 Å². The Bertz CT molecular complexity index is 1300. The number of aromatic nitrogens is 3. The molecule has 188 valence electrons. The molecule has 0 saturated heterocycles. The number of nitrogens with zero attached hydrogens (tertiary/aromatic N) is 3. The lowest BCUT2D eigenvalue weighted by molar-refractivity contribution is 0.301. The molecular formula is C27H30ClN5OS2. The van der Waals surface area contributed by atoms with Crippen molar-refractivity contribution in [3.05, 3.63) is 70.1 Å². The Hall–Kier alpha value is -2.39. The molecule has 6 nitrogen and oxygen atoms in total. The molecule has 0 radical (unpaired) electrons. The third-order valence-corrected chi connectivity index (χ3v) is 8.53. The molecule has 36 heavy (non-hydrogen) atoms. The Morgan fingerprint density at radius 3 is 2.94 bits per heavy atom. The molecule has 0 aliphatic heterocycles. The van der Waals surface area contributed by atoms with E-state index in [1.165, 1.54) is 29.0 Å². The molecule has 9 heteroatoms. The topological polar surface area (TPSA) is 72.0 Å². The normalized spacial score (nSPS) is 15.1. The number of rotatable bonds is 11. The number of fused-ring (bicyclic) bond motifs is 3. The Balaban J connectivity index is 1.27. The summed E-state index contributed by atoms with van der Waals surface area (Å²) in [4.78, 5) is 16.0. The number of hydrogen-bond donors (Lipinski definition) is 2. The van der Waals surface area contributed by atoms with Gasteiger partial charge in [-0.25, -0.2) is 9.97 Å². The number of thiophene rings is 1. The average Bonchev–Trinajstić information content (AvgIpc) is 3.27. The highest BCUT2D eigenvalue weighted by Gasteiger charge is 2.25. The minimum Gasteiger partial charge on any atom is -0.486 e. The smallest absolute Gasteiger partial charge is 0.142 e. The molecule has 1 aliphatic rings. The van der Waals surface area contributed by atoms with Gasteiger partial charge in [0.1, 0.15) is 29.3 Å². The number of ether oxygens (including phenoxy) is 1. The Morgan fingerprint density at radius 1 is 1.17 bits per heavy atom. The molecule has 1 aromatic carbocycles. The van der Waals surface area contributed by atoms with Gasteiger partial charge in [-0.1, -0.05) is 17.7 Å². The summed E-state index contributed by atoms with van der Waals surface area (Å²) < 4.78 is 5.87. The van der Waals surface area contributed by atoms with Crippen LogP contribution in [0.2, 0.25) is 5.02 Å². The third kappa shape index (κ3) is 6.11. The van der Waals surface area contributed by atoms with E-state index in [1.807, 2.05) is 59.5 Å². The van der Waals surface area contributed by atoms with Gasteiger partial charge in [0, 0.05) is 29.1 Å². The molecule has 5 rings (SSSR count). The van der Waals surface area contributed by atoms with Crippen molar-refractivity contribution in [3.8, 4) is 5.75 Å². The van der Waals surface area contributed by atoms with E-state index in [0.717, 1.165) is 59.3 Å². The van der Waals surface area contributed by atoms with Crippen LogP contribution in [0.15, 0.2) is 48.9 Å². The fourth-order valence-electron chi connectivity index (χ4n) is 4.59. The van der Waals surface area contributed by atoms with Crippen molar-refractivity contribution >= 4 is 56.4 Å². The predicted octanol–water partition coefficient (Wildman–Crippen LogP) is 6.51. The molecule has 1 atom stereocenters. The van der Waals surface area contributed by atoms with Gasteiger partial charge in [0.25, 0.3) is 0 Å². The van der Waals surface area contributed by atoms with E-state index in [4.69, 9.17) is 16.3 Å². The summed E-state index contributed by atoms with van der Waals surface area (Å²) in [7, 11) is 0. The lowest BCUT2D eigenvalue weighted by atomic mass is 9.86. The molecule has 2 N–H and O–H groups in total. The highest BCUT2D eigenvalue weighted by Crippen LogP contribution is 2.41. The molecule has 0 saturated carbocycles. The second-order valence-corrected chi connectivity index (χ2v) is 11.4. The van der Waals surface area contributed by atoms with Crippen molar-refractivity contribution in [2.24, 2.45) is 5.92 Å². The molecule has 4 aromatic rings. The minimum absolute atomic E-state index is 0.371. The summed E-state index contributed by atoms with van der Waals surface area (Å²) in [5.74, 6) is 3.37. The minimum atomic E-state index is 0.371. The molecule has 1 aliphatic carbocycles. The number of pyridine rings is 1. The van der Waals surface area contributed by atoms with E-state index in [9.17, 15) is 0 Å². The number of benzene rings is 1. The first-order valence-corrected chi connectivity index (χ1v) is 14.8. The molecule has 0 bridgehead atoms. The third-order valence-electron chi connectivity index (χ3n) is 6.46. The van der Waals surface area contributed by atoms with Crippen LogP contribution in [0.25, 0.3) is 10.2 Å². The summed E-state index contributed by atoms with van der Waals surface area (Å²) in [5.41, 5.74) is 3.14. The van der Waals surface area contributed by atoms with Gasteiger partial charge in [0.05, 0.1) is 16.1 Å². The van der Waals surface area contributed by atoms with Crippen molar-refractivity contribution < 1.29 is 4.74 Å². The SMILES string of the molecule is CSCCNCCC1CCc2c(sc3ncnc(Nc4ccc(OCc5ccccn5)c(Cl)c4)c23)C1. The zero-order valence-electron chi connectivity index (χ0n) is 20.3. The van der Waals surface area contributed by atoms with Gasteiger partial charge in [-0.15, -0.1) is 11.3 Å². The standard InChI is InChI=1S/C27H30ClN5OS2/c1-35-13-12-29-11-9-18-5-7-21-24(14-18)36-27-25(21)26(31-17-32-27)33-19-6-8-23(22(28)15-19)34-16-20-4-2-3-10-30-20/h2-4,6,8,10,15,17-18,29H,5,7,9,11-14,16H2,1H3,(H,31,32,33). The molecular weight excluding hydrogens is 510 g/mol. The first-order chi connectivity index (χ1) is 17.7. The van der Waals surface area contributed by atoms with Crippen LogP contribution < -0.4 is 15.4 Å². The Morgan fingerprint density at radius 2 is 2.11 bits per heavy atom. The number of halogens is 1. The number of hydrogen-bond acceptors (Lipinski definition) is 8. The van der Waals surface area contributed by atoms with Crippen LogP contribution in [-0.2, 0) is 19.4 Å². The van der Waals surface area contributed by atoms with Crippen molar-refractivity contribution in [2.45, 2.75) is 32.3 Å². The van der Waals surface area contributed by atoms with Gasteiger partial charge in [0.15, 0.2) is 0 Å². The molecule has 0 amide bonds. The monoisotopic (exact) mass is 539 g/mol. The van der Waals surface area contributed by atoms with E-state index in [-0.39, 0.29) is 0 Å². The lowest BCUT2D eigenvalue weighted by Gasteiger charge is -2.22. The fraction of sp³-hybridized carbons (Fsp3) is 0.370. The van der Waals surface area contributed by atoms with Gasteiger partial charge in [-0.05, 0) is 80.3 Å². The highest BCUT2D eigenvalue weighted by molar-refractivity contribution is 7.98. The number of nitrogens with one attached hydrogen (secondary N) is 2. The first-order valence-electron chi connectivity index (χ1n) is 12.3. The van der Waals surface area contributed by atoms with Crippen LogP contribution >= 0.6 is 34.7 Å². The average molecular weight is 540 g/mol. The van der Waals surface area contributed by atoms with Gasteiger partial charge >= 0.3 is 0 Å². The van der Waals surface area contributed by atoms with Crippen LogP contribution in [0.5, 0.6) is 5.75 Å². The summed E-state index contributed by atoms with van der Waals surface area (Å²) >= 11 is 10.2. The van der Waals surface area contributed by atoms with Gasteiger partial charge in [-0.3, -0.25) is 4.98 Å². The van der Waals surface area contributed by atoms with E-state index in [0.29, 0.717) is 17.4 Å². The summed E-state index contributed by atoms with van der Waals surface area (Å²) in [6, 6.07) is 11.5. The fourth-order valence-corrected chi connectivity index (χ4v) is 6.48. The summed E-state index contributed by atoms with van der Waals surface area (Å²) in [5, 5.41) is 8.75. The second kappa shape index (κ2) is 12.2. The van der Waals surface area contributed by atoms with E-state index in [2.05, 4.69) is 31.8 Å². The maximum atomic E-state index is 6.54.